The molecule has 0 aromatic heterocycles. The molecule has 3 atom stereocenters. The molecular formula is C7H13NO. The maximum atomic E-state index is 9.34. The van der Waals surface area contributed by atoms with E-state index in [1.54, 1.807) is 0 Å². The Morgan fingerprint density at radius 1 is 1.33 bits per heavy atom. The quantitative estimate of drug-likeness (QED) is 0.484. The largest absolute Gasteiger partial charge is 0.391 e. The maximum absolute atomic E-state index is 9.34. The van der Waals surface area contributed by atoms with E-state index in [-0.39, 0.29) is 6.10 Å². The summed E-state index contributed by atoms with van der Waals surface area (Å²) in [4.78, 5) is 0. The number of aliphatic hydroxyl groups is 1. The number of hydrogen-bond acceptors (Lipinski definition) is 2. The molecule has 2 N–H and O–H groups in total. The van der Waals surface area contributed by atoms with E-state index < -0.39 is 0 Å². The van der Waals surface area contributed by atoms with Gasteiger partial charge >= 0.3 is 0 Å². The second-order valence-electron chi connectivity index (χ2n) is 3.26. The number of piperidine rings is 2. The van der Waals surface area contributed by atoms with Crippen LogP contribution >= 0.6 is 0 Å². The van der Waals surface area contributed by atoms with Crippen LogP contribution in [-0.2, 0) is 0 Å². The van der Waals surface area contributed by atoms with E-state index in [0.717, 1.165) is 18.9 Å². The van der Waals surface area contributed by atoms with Crippen molar-refractivity contribution in [2.75, 3.05) is 6.54 Å². The highest BCUT2D eigenvalue weighted by atomic mass is 16.3. The molecule has 2 heteroatoms. The average molecular weight is 127 g/mol. The van der Waals surface area contributed by atoms with Gasteiger partial charge in [-0.3, -0.25) is 0 Å². The SMILES string of the molecule is O[C@@H]1C[C@@H]2CC[C@@H]1NC2. The van der Waals surface area contributed by atoms with Crippen molar-refractivity contribution in [2.45, 2.75) is 31.4 Å². The smallest absolute Gasteiger partial charge is 0.0696 e. The third-order valence-electron chi connectivity index (χ3n) is 2.59. The van der Waals surface area contributed by atoms with Gasteiger partial charge in [-0.05, 0) is 31.7 Å². The normalized spacial score (nSPS) is 49.7. The van der Waals surface area contributed by atoms with Crippen LogP contribution in [0.25, 0.3) is 0 Å². The van der Waals surface area contributed by atoms with Gasteiger partial charge in [0, 0.05) is 6.04 Å². The Hall–Kier alpha value is -0.0800. The summed E-state index contributed by atoms with van der Waals surface area (Å²) in [6, 6.07) is 0.426. The number of rotatable bonds is 0. The molecule has 0 aromatic rings. The number of hydrogen-bond donors (Lipinski definition) is 2. The Morgan fingerprint density at radius 3 is 2.44 bits per heavy atom. The molecule has 0 amide bonds. The molecule has 2 heterocycles. The summed E-state index contributed by atoms with van der Waals surface area (Å²) < 4.78 is 0. The van der Waals surface area contributed by atoms with E-state index in [2.05, 4.69) is 5.32 Å². The molecule has 0 radical (unpaired) electrons. The number of aliphatic hydroxyl groups excluding tert-OH is 1. The van der Waals surface area contributed by atoms with E-state index >= 15 is 0 Å². The molecule has 0 aromatic carbocycles. The molecule has 3 fully saturated rings. The zero-order valence-corrected chi connectivity index (χ0v) is 5.51. The van der Waals surface area contributed by atoms with Crippen molar-refractivity contribution in [3.63, 3.8) is 0 Å². The van der Waals surface area contributed by atoms with Crippen molar-refractivity contribution in [3.05, 3.63) is 0 Å². The Balaban J connectivity index is 2.06. The average Bonchev–Trinajstić information content (AvgIpc) is 1.90. The lowest BCUT2D eigenvalue weighted by Gasteiger charge is -2.40. The number of fused-ring (bicyclic) bond motifs is 3. The van der Waals surface area contributed by atoms with Crippen LogP contribution in [0.3, 0.4) is 0 Å². The van der Waals surface area contributed by atoms with E-state index in [0.29, 0.717) is 6.04 Å². The Morgan fingerprint density at radius 2 is 2.22 bits per heavy atom. The van der Waals surface area contributed by atoms with Crippen LogP contribution in [-0.4, -0.2) is 23.8 Å². The molecule has 0 spiro atoms. The monoisotopic (exact) mass is 127 g/mol. The first-order valence-corrected chi connectivity index (χ1v) is 3.78. The van der Waals surface area contributed by atoms with Gasteiger partial charge in [0.2, 0.25) is 0 Å². The molecule has 1 aliphatic carbocycles. The van der Waals surface area contributed by atoms with E-state index in [9.17, 15) is 5.11 Å². The fraction of sp³-hybridized carbons (Fsp3) is 1.00. The summed E-state index contributed by atoms with van der Waals surface area (Å²) in [5, 5.41) is 12.7. The van der Waals surface area contributed by atoms with E-state index in [4.69, 9.17) is 0 Å². The molecule has 9 heavy (non-hydrogen) atoms. The van der Waals surface area contributed by atoms with Crippen molar-refractivity contribution >= 4 is 0 Å². The fourth-order valence-electron chi connectivity index (χ4n) is 1.97. The topological polar surface area (TPSA) is 32.3 Å². The van der Waals surface area contributed by atoms with E-state index in [1.807, 2.05) is 0 Å². The first kappa shape index (κ1) is 5.69. The van der Waals surface area contributed by atoms with Gasteiger partial charge in [-0.25, -0.2) is 0 Å². The van der Waals surface area contributed by atoms with Crippen LogP contribution in [0.15, 0.2) is 0 Å². The van der Waals surface area contributed by atoms with Crippen molar-refractivity contribution in [1.82, 2.24) is 5.32 Å². The van der Waals surface area contributed by atoms with Crippen molar-refractivity contribution in [2.24, 2.45) is 5.92 Å². The van der Waals surface area contributed by atoms with Crippen molar-refractivity contribution in [3.8, 4) is 0 Å². The summed E-state index contributed by atoms with van der Waals surface area (Å²) in [6.45, 7) is 1.14. The lowest BCUT2D eigenvalue weighted by Crippen LogP contribution is -2.52. The van der Waals surface area contributed by atoms with Gasteiger partial charge in [-0.2, -0.15) is 0 Å². The third-order valence-corrected chi connectivity index (χ3v) is 2.59. The first-order chi connectivity index (χ1) is 4.36. The third kappa shape index (κ3) is 0.864. The molecule has 52 valence electrons. The van der Waals surface area contributed by atoms with E-state index in [1.165, 1.54) is 12.8 Å². The second kappa shape index (κ2) is 1.96. The Kier molecular flexibility index (Phi) is 1.24. The lowest BCUT2D eigenvalue weighted by molar-refractivity contribution is 0.0316. The molecule has 2 aliphatic heterocycles. The first-order valence-electron chi connectivity index (χ1n) is 3.78. The standard InChI is InChI=1S/C7H13NO/c9-7-3-5-1-2-6(7)8-4-5/h5-9H,1-4H2/t5-,6-,7+/m0/s1. The molecule has 2 bridgehead atoms. The van der Waals surface area contributed by atoms with Crippen molar-refractivity contribution < 1.29 is 5.11 Å². The lowest BCUT2D eigenvalue weighted by atomic mass is 9.80. The highest BCUT2D eigenvalue weighted by molar-refractivity contribution is 4.90. The van der Waals surface area contributed by atoms with Crippen LogP contribution in [0.1, 0.15) is 19.3 Å². The zero-order chi connectivity index (χ0) is 6.27. The van der Waals surface area contributed by atoms with Gasteiger partial charge in [0.25, 0.3) is 0 Å². The molecule has 2 saturated heterocycles. The van der Waals surface area contributed by atoms with Gasteiger partial charge < -0.3 is 10.4 Å². The number of nitrogens with one attached hydrogen (secondary N) is 1. The summed E-state index contributed by atoms with van der Waals surface area (Å²) in [6.07, 6.45) is 3.51. The highest BCUT2D eigenvalue weighted by Crippen LogP contribution is 2.28. The second-order valence-corrected chi connectivity index (χ2v) is 3.26. The van der Waals surface area contributed by atoms with Crippen molar-refractivity contribution in [1.29, 1.82) is 0 Å². The summed E-state index contributed by atoms with van der Waals surface area (Å²) in [5.41, 5.74) is 0. The Labute approximate surface area is 55.3 Å². The molecule has 1 saturated carbocycles. The summed E-state index contributed by atoms with van der Waals surface area (Å²) in [5.74, 6) is 0.769. The van der Waals surface area contributed by atoms with Crippen LogP contribution < -0.4 is 5.32 Å². The Bertz CT molecular complexity index is 107. The minimum Gasteiger partial charge on any atom is -0.391 e. The predicted octanol–water partition coefficient (Wildman–Crippen LogP) is 0.119. The van der Waals surface area contributed by atoms with Gasteiger partial charge in [-0.1, -0.05) is 0 Å². The molecule has 3 aliphatic rings. The van der Waals surface area contributed by atoms with Crippen LogP contribution in [0, 0.1) is 5.92 Å². The zero-order valence-electron chi connectivity index (χ0n) is 5.51. The minimum absolute atomic E-state index is 0.0440. The molecule has 2 nitrogen and oxygen atoms in total. The van der Waals surface area contributed by atoms with Gasteiger partial charge in [0.05, 0.1) is 6.10 Å². The maximum Gasteiger partial charge on any atom is 0.0696 e. The van der Waals surface area contributed by atoms with Crippen LogP contribution in [0.4, 0.5) is 0 Å². The van der Waals surface area contributed by atoms with Gasteiger partial charge in [-0.15, -0.1) is 0 Å². The van der Waals surface area contributed by atoms with Gasteiger partial charge in [0.1, 0.15) is 0 Å². The van der Waals surface area contributed by atoms with Gasteiger partial charge in [0.15, 0.2) is 0 Å². The fourth-order valence-corrected chi connectivity index (χ4v) is 1.97. The van der Waals surface area contributed by atoms with Crippen LogP contribution in [0.5, 0.6) is 0 Å². The molecule has 0 unspecified atom stereocenters. The molecular weight excluding hydrogens is 114 g/mol. The predicted molar refractivity (Wildman–Crippen MR) is 35.1 cm³/mol. The summed E-state index contributed by atoms with van der Waals surface area (Å²) in [7, 11) is 0. The van der Waals surface area contributed by atoms with Crippen LogP contribution in [0.2, 0.25) is 0 Å². The minimum atomic E-state index is -0.0440. The molecule has 3 rings (SSSR count). The summed E-state index contributed by atoms with van der Waals surface area (Å²) >= 11 is 0. The highest BCUT2D eigenvalue weighted by Gasteiger charge is 2.33.